The molecule has 156 valence electrons. The van der Waals surface area contributed by atoms with Crippen LogP contribution in [-0.4, -0.2) is 38.3 Å². The Morgan fingerprint density at radius 1 is 1.07 bits per heavy atom. The summed E-state index contributed by atoms with van der Waals surface area (Å²) in [5.74, 6) is 0.411. The second kappa shape index (κ2) is 8.92. The zero-order valence-corrected chi connectivity index (χ0v) is 18.0. The summed E-state index contributed by atoms with van der Waals surface area (Å²) in [5, 5.41) is 5.93. The molecule has 3 N–H and O–H groups in total. The second-order valence-corrected chi connectivity index (χ2v) is 9.52. The number of hydrogen-bond acceptors (Lipinski definition) is 4. The molecule has 2 heterocycles. The molecule has 1 aliphatic heterocycles. The van der Waals surface area contributed by atoms with E-state index in [9.17, 15) is 13.2 Å². The number of aryl methyl sites for hydroxylation is 3. The maximum absolute atomic E-state index is 12.7. The zero-order chi connectivity index (χ0) is 21.0. The van der Waals surface area contributed by atoms with Gasteiger partial charge in [-0.3, -0.25) is 10.1 Å². The number of aromatic nitrogens is 1. The molecule has 29 heavy (non-hydrogen) atoms. The number of rotatable bonds is 6. The first-order valence-corrected chi connectivity index (χ1v) is 11.3. The molecule has 0 aliphatic carbocycles. The normalized spacial score (nSPS) is 15.1. The average Bonchev–Trinajstić information content (AvgIpc) is 2.70. The van der Waals surface area contributed by atoms with Crippen molar-refractivity contribution >= 4 is 27.4 Å². The van der Waals surface area contributed by atoms with Gasteiger partial charge in [-0.2, -0.15) is 4.31 Å². The number of benzene rings is 1. The fourth-order valence-electron chi connectivity index (χ4n) is 3.67. The summed E-state index contributed by atoms with van der Waals surface area (Å²) in [4.78, 5) is 15.5. The van der Waals surface area contributed by atoms with E-state index < -0.39 is 10.0 Å². The molecular weight excluding hydrogens is 388 g/mol. The van der Waals surface area contributed by atoms with Crippen molar-refractivity contribution in [2.24, 2.45) is 0 Å². The van der Waals surface area contributed by atoms with Crippen LogP contribution in [0, 0.1) is 20.8 Å². The fourth-order valence-corrected chi connectivity index (χ4v) is 5.16. The highest BCUT2D eigenvalue weighted by Crippen LogP contribution is 2.22. The molecular formula is C21H29N4O3S+. The molecule has 1 aromatic carbocycles. The average molecular weight is 418 g/mol. The third-order valence-corrected chi connectivity index (χ3v) is 7.01. The van der Waals surface area contributed by atoms with E-state index in [4.69, 9.17) is 0 Å². The van der Waals surface area contributed by atoms with Crippen molar-refractivity contribution in [1.29, 1.82) is 0 Å². The predicted molar refractivity (Wildman–Crippen MR) is 113 cm³/mol. The zero-order valence-electron chi connectivity index (χ0n) is 17.2. The molecule has 8 heteroatoms. The van der Waals surface area contributed by atoms with Crippen molar-refractivity contribution in [3.63, 3.8) is 0 Å². The number of nitrogens with zero attached hydrogens (tertiary/aromatic N) is 1. The number of piperidine rings is 1. The molecule has 1 amide bonds. The van der Waals surface area contributed by atoms with Crippen LogP contribution >= 0.6 is 0 Å². The minimum absolute atomic E-state index is 0.0709. The summed E-state index contributed by atoms with van der Waals surface area (Å²) in [5.41, 5.74) is 4.03. The minimum Gasteiger partial charge on any atom is -0.322 e. The van der Waals surface area contributed by atoms with Gasteiger partial charge in [0.1, 0.15) is 11.1 Å². The summed E-state index contributed by atoms with van der Waals surface area (Å²) in [6.07, 6.45) is 4.35. The molecule has 0 unspecified atom stereocenters. The van der Waals surface area contributed by atoms with Gasteiger partial charge in [-0.05, 0) is 50.8 Å². The highest BCUT2D eigenvalue weighted by Gasteiger charge is 2.26. The monoisotopic (exact) mass is 417 g/mol. The molecule has 1 fully saturated rings. The standard InChI is InChI=1S/C21H28N4O3S/c1-15-11-16(2)21(17(3)12-15)24-20(26)14-23-19-8-7-18(13-22-19)29(27,28)25-9-5-4-6-10-25/h7-8,11-13H,4-6,9-10,14H2,1-3H3,(H,22,23)(H,24,26)/p+1. The number of sulfonamides is 1. The molecule has 0 spiro atoms. The van der Waals surface area contributed by atoms with Gasteiger partial charge < -0.3 is 5.32 Å². The molecule has 0 atom stereocenters. The van der Waals surface area contributed by atoms with Gasteiger partial charge in [0.2, 0.25) is 10.0 Å². The number of carbonyl (C=O) groups excluding carboxylic acids is 1. The van der Waals surface area contributed by atoms with Crippen LogP contribution < -0.4 is 15.6 Å². The molecule has 2 aromatic rings. The van der Waals surface area contributed by atoms with Crippen LogP contribution in [0.2, 0.25) is 0 Å². The number of nitrogens with one attached hydrogen (secondary N) is 3. The number of hydrogen-bond donors (Lipinski definition) is 2. The Labute approximate surface area is 172 Å². The molecule has 7 nitrogen and oxygen atoms in total. The topological polar surface area (TPSA) is 92.7 Å². The third kappa shape index (κ3) is 5.13. The number of anilines is 2. The number of carbonyl (C=O) groups is 1. The summed E-state index contributed by atoms with van der Waals surface area (Å²) in [6, 6.07) is 7.28. The van der Waals surface area contributed by atoms with Crippen molar-refractivity contribution in [2.75, 3.05) is 30.3 Å². The summed E-state index contributed by atoms with van der Waals surface area (Å²) >= 11 is 0. The van der Waals surface area contributed by atoms with E-state index in [2.05, 4.69) is 15.6 Å². The largest absolute Gasteiger partial charge is 0.322 e. The van der Waals surface area contributed by atoms with Gasteiger partial charge in [-0.1, -0.05) is 24.1 Å². The van der Waals surface area contributed by atoms with Gasteiger partial charge in [-0.15, -0.1) is 0 Å². The Morgan fingerprint density at radius 3 is 2.31 bits per heavy atom. The van der Waals surface area contributed by atoms with Crippen molar-refractivity contribution in [1.82, 2.24) is 4.31 Å². The molecule has 0 saturated carbocycles. The summed E-state index contributed by atoms with van der Waals surface area (Å²) in [7, 11) is -3.47. The maximum atomic E-state index is 12.7. The van der Waals surface area contributed by atoms with Crippen molar-refractivity contribution in [3.05, 3.63) is 47.2 Å². The summed E-state index contributed by atoms with van der Waals surface area (Å²) < 4.78 is 26.9. The van der Waals surface area contributed by atoms with Crippen LogP contribution in [-0.2, 0) is 14.8 Å². The van der Waals surface area contributed by atoms with Crippen LogP contribution in [0.5, 0.6) is 0 Å². The Morgan fingerprint density at radius 2 is 1.72 bits per heavy atom. The Hall–Kier alpha value is -2.45. The molecule has 0 bridgehead atoms. The van der Waals surface area contributed by atoms with Crippen molar-refractivity contribution in [2.45, 2.75) is 44.9 Å². The molecule has 0 radical (unpaired) electrons. The van der Waals surface area contributed by atoms with Gasteiger partial charge >= 0.3 is 0 Å². The Balaban J connectivity index is 1.60. The Bertz CT molecular complexity index is 958. The van der Waals surface area contributed by atoms with E-state index in [1.807, 2.05) is 32.9 Å². The third-order valence-electron chi connectivity index (χ3n) is 5.12. The minimum atomic E-state index is -3.47. The van der Waals surface area contributed by atoms with Crippen LogP contribution in [0.3, 0.4) is 0 Å². The van der Waals surface area contributed by atoms with E-state index in [0.29, 0.717) is 18.9 Å². The highest BCUT2D eigenvalue weighted by atomic mass is 32.2. The quantitative estimate of drug-likeness (QED) is 0.756. The van der Waals surface area contributed by atoms with Gasteiger partial charge in [-0.25, -0.2) is 13.4 Å². The van der Waals surface area contributed by atoms with Gasteiger partial charge in [0.15, 0.2) is 6.54 Å². The lowest BCUT2D eigenvalue weighted by molar-refractivity contribution is -0.364. The fraction of sp³-hybridized carbons (Fsp3) is 0.429. The Kier molecular flexibility index (Phi) is 6.54. The van der Waals surface area contributed by atoms with Crippen LogP contribution in [0.25, 0.3) is 0 Å². The van der Waals surface area contributed by atoms with E-state index in [0.717, 1.165) is 41.6 Å². The number of pyridine rings is 1. The van der Waals surface area contributed by atoms with E-state index in [-0.39, 0.29) is 17.3 Å². The smallest absolute Gasteiger partial charge is 0.272 e. The summed E-state index contributed by atoms with van der Waals surface area (Å²) in [6.45, 7) is 7.18. The first kappa shape index (κ1) is 21.3. The van der Waals surface area contributed by atoms with Crippen LogP contribution in [0.15, 0.2) is 35.4 Å². The maximum Gasteiger partial charge on any atom is 0.272 e. The van der Waals surface area contributed by atoms with Gasteiger partial charge in [0, 0.05) is 24.8 Å². The number of H-pyrrole nitrogens is 1. The first-order chi connectivity index (χ1) is 13.8. The van der Waals surface area contributed by atoms with Crippen LogP contribution in [0.1, 0.15) is 36.0 Å². The predicted octanol–water partition coefficient (Wildman–Crippen LogP) is 2.65. The molecule has 1 aliphatic rings. The van der Waals surface area contributed by atoms with Gasteiger partial charge in [0.05, 0.1) is 0 Å². The van der Waals surface area contributed by atoms with E-state index in [1.54, 1.807) is 12.1 Å². The van der Waals surface area contributed by atoms with E-state index >= 15 is 0 Å². The van der Waals surface area contributed by atoms with Crippen molar-refractivity contribution < 1.29 is 18.2 Å². The van der Waals surface area contributed by atoms with E-state index in [1.165, 1.54) is 10.5 Å². The molecule has 1 saturated heterocycles. The highest BCUT2D eigenvalue weighted by molar-refractivity contribution is 7.89. The number of aromatic amines is 1. The second-order valence-electron chi connectivity index (χ2n) is 7.58. The lowest BCUT2D eigenvalue weighted by Gasteiger charge is -2.25. The lowest BCUT2D eigenvalue weighted by Crippen LogP contribution is -2.36. The van der Waals surface area contributed by atoms with Crippen molar-refractivity contribution in [3.8, 4) is 0 Å². The first-order valence-electron chi connectivity index (χ1n) is 9.91. The van der Waals surface area contributed by atoms with Crippen LogP contribution in [0.4, 0.5) is 11.5 Å². The van der Waals surface area contributed by atoms with Gasteiger partial charge in [0.25, 0.3) is 11.7 Å². The molecule has 1 aromatic heterocycles. The SMILES string of the molecule is Cc1cc(C)c(NC(=O)CNc2ccc(S(=O)(=O)N3CCCCC3)c[nH+]2)c(C)c1. The number of amides is 1. The molecule has 3 rings (SSSR count). The lowest BCUT2D eigenvalue weighted by atomic mass is 10.1.